The third-order valence-corrected chi connectivity index (χ3v) is 17.8. The van der Waals surface area contributed by atoms with Crippen LogP contribution < -0.4 is 9.13 Å². The van der Waals surface area contributed by atoms with Crippen LogP contribution in [0.15, 0.2) is 297 Å². The number of aliphatic hydroxyl groups excluding tert-OH is 2. The number of hydrogen-bond donors (Lipinski definition) is 2. The van der Waals surface area contributed by atoms with Crippen LogP contribution >= 0.6 is 11.3 Å². The number of thiophene rings is 1. The molecule has 2 aliphatic rings. The zero-order valence-electron chi connectivity index (χ0n) is 62.4. The van der Waals surface area contributed by atoms with Crippen LogP contribution in [0.1, 0.15) is 92.3 Å². The van der Waals surface area contributed by atoms with Gasteiger partial charge in [0.05, 0.1) is 40.0 Å². The normalized spacial score (nSPS) is 11.2. The minimum atomic E-state index is -0.402. The molecule has 0 unspecified atom stereocenters. The largest absolute Gasteiger partial charge is 0.512 e. The van der Waals surface area contributed by atoms with Crippen LogP contribution in [0.4, 0.5) is 0 Å². The van der Waals surface area contributed by atoms with Crippen molar-refractivity contribution in [1.82, 2.24) is 15.0 Å². The molecule has 555 valence electrons. The number of aromatic nitrogens is 5. The molecule has 6 aromatic heterocycles. The summed E-state index contributed by atoms with van der Waals surface area (Å²) in [5.74, 6) is -0.0835. The van der Waals surface area contributed by atoms with E-state index in [4.69, 9.17) is 10.2 Å². The summed E-state index contributed by atoms with van der Waals surface area (Å²) in [5.41, 5.74) is 15.0. The van der Waals surface area contributed by atoms with Crippen molar-refractivity contribution in [3.05, 3.63) is 332 Å². The summed E-state index contributed by atoms with van der Waals surface area (Å²) >= 11 is 1.73. The number of aliphatic hydroxyl groups is 2. The zero-order valence-corrected chi connectivity index (χ0v) is 70.4. The maximum Gasteiger partial charge on any atom is 0.221 e. The standard InChI is InChI=1S/C16H12N.2C15H10N.C13H8NS.C13H12N.C11H20O2.2C5H8O2.3Ir/c1-3-7-14-12(5-1)9-10-17-11-13-6-2-4-8-15(13)16(14)17;1-2-7-13(8-3-1)15-14-9-5-4-6-12(14)10-11-16-15;1-2-6-12(7-3-1)15-11-10-13-8-4-5-9-14(13)16-15;1-2-7-12-10(5-1)9-13(15-12)11-6-3-4-8-14-11;1-10-5-4-8-14-9-11-6-2-3-7-12(11)13(10)14;1-10(2,3)8(12)7-9(13)11(4,5)6;2*1-4(6)3-5(2)7;;;/h1-10H,11H2;1-7,9-11H;1-6,8-11H;1-8H;2-8H,9H2,1H3;7H2,1-6H3;2*3,6H,1-2H3;;;/q+1;3*-1;+1;;;;;;. The van der Waals surface area contributed by atoms with Gasteiger partial charge in [0, 0.05) is 130 Å². The Bertz CT molecular complexity index is 5280. The van der Waals surface area contributed by atoms with E-state index in [1.807, 2.05) is 169 Å². The third-order valence-electron chi connectivity index (χ3n) is 16.7. The first kappa shape index (κ1) is 86.9. The average Bonchev–Trinajstić information content (AvgIpc) is 1.59. The molecule has 14 aromatic rings. The summed E-state index contributed by atoms with van der Waals surface area (Å²) in [7, 11) is 0. The number of hydrogen-bond acceptors (Lipinski definition) is 10. The molecule has 2 aliphatic heterocycles. The molecule has 16 rings (SSSR count). The molecule has 0 aliphatic carbocycles. The maximum atomic E-state index is 11.5. The molecule has 0 saturated carbocycles. The fraction of sp³-hybridized carbons (Fsp3) is 0.172. The molecule has 11 nitrogen and oxygen atoms in total. The Hall–Kier alpha value is -10.0. The van der Waals surface area contributed by atoms with Gasteiger partial charge < -0.3 is 20.2 Å². The number of fused-ring (bicyclic) bond motifs is 11. The number of ketones is 4. The van der Waals surface area contributed by atoms with Crippen LogP contribution in [0.5, 0.6) is 0 Å². The minimum absolute atomic E-state index is 0. The predicted molar refractivity (Wildman–Crippen MR) is 428 cm³/mol. The first-order chi connectivity index (χ1) is 50.4. The number of rotatable bonds is 7. The SMILES string of the molecule is CC(=O)C=C(C)O.CC(=O)C=C(C)O.CC(C)(C)C(=O)CC(=O)C(C)(C)C.Cc1ccc[n+]2c1-c1ccccc1C2.[Ir].[Ir].[Ir].[c-]1c(-c2ccccn2)sc2ccccc12.[c-]1ccccc1-c1ccc2ccccc2n1.[c-]1ccccc1-c1nccc2ccccc12.c1ccc2c(c1)C[n+]1ccc3ccccc3c1-2. The van der Waals surface area contributed by atoms with Crippen molar-refractivity contribution in [2.24, 2.45) is 10.8 Å². The Kier molecular flexibility index (Phi) is 33.7. The molecule has 15 heteroatoms. The molecule has 0 saturated heterocycles. The van der Waals surface area contributed by atoms with Crippen LogP contribution in [0, 0.1) is 36.0 Å². The van der Waals surface area contributed by atoms with Crippen molar-refractivity contribution in [1.29, 1.82) is 0 Å². The Labute approximate surface area is 679 Å². The Morgan fingerprint density at radius 2 is 0.981 bits per heavy atom. The number of nitrogens with zero attached hydrogens (tertiary/aromatic N) is 5. The van der Waals surface area contributed by atoms with E-state index in [1.165, 1.54) is 116 Å². The predicted octanol–water partition coefficient (Wildman–Crippen LogP) is 21.3. The van der Waals surface area contributed by atoms with Gasteiger partial charge in [-0.15, -0.1) is 95.4 Å². The second kappa shape index (κ2) is 41.9. The van der Waals surface area contributed by atoms with Crippen molar-refractivity contribution in [2.45, 2.75) is 95.7 Å². The molecule has 0 spiro atoms. The summed E-state index contributed by atoms with van der Waals surface area (Å²) in [6.45, 7) is 20.9. The molecular weight excluding hydrogens is 1890 g/mol. The number of pyridine rings is 5. The number of allylic oxidation sites excluding steroid dienone is 4. The van der Waals surface area contributed by atoms with Crippen molar-refractivity contribution >= 4 is 77.0 Å². The molecule has 108 heavy (non-hydrogen) atoms. The van der Waals surface area contributed by atoms with E-state index in [1.54, 1.807) is 11.3 Å². The van der Waals surface area contributed by atoms with E-state index >= 15 is 0 Å². The van der Waals surface area contributed by atoms with Crippen LogP contribution in [0.25, 0.3) is 98.1 Å². The number of aryl methyl sites for hydroxylation is 1. The first-order valence-electron chi connectivity index (χ1n) is 34.8. The van der Waals surface area contributed by atoms with E-state index in [0.29, 0.717) is 0 Å². The van der Waals surface area contributed by atoms with E-state index in [9.17, 15) is 19.2 Å². The number of carbonyl (C=O) groups is 4. The van der Waals surface area contributed by atoms with E-state index in [-0.39, 0.29) is 101 Å². The summed E-state index contributed by atoms with van der Waals surface area (Å²) in [6.07, 6.45) is 10.4. The quantitative estimate of drug-likeness (QED) is 0.0521. The summed E-state index contributed by atoms with van der Waals surface area (Å²) in [6, 6.07) is 94.8. The van der Waals surface area contributed by atoms with Gasteiger partial charge in [-0.1, -0.05) is 175 Å². The molecule has 0 fully saturated rings. The molecule has 0 bridgehead atoms. The topological polar surface area (TPSA) is 155 Å². The number of carbonyl (C=O) groups excluding carboxylic acids is 4. The first-order valence-corrected chi connectivity index (χ1v) is 35.6. The average molecular weight is 1980 g/mol. The second-order valence-electron chi connectivity index (χ2n) is 27.3. The van der Waals surface area contributed by atoms with Gasteiger partial charge in [0.25, 0.3) is 0 Å². The van der Waals surface area contributed by atoms with E-state index in [2.05, 4.69) is 195 Å². The van der Waals surface area contributed by atoms with Crippen LogP contribution in [-0.4, -0.2) is 48.3 Å². The number of benzene rings is 8. The molecule has 3 radical (unpaired) electrons. The van der Waals surface area contributed by atoms with Gasteiger partial charge in [-0.05, 0) is 120 Å². The van der Waals surface area contributed by atoms with Crippen LogP contribution in [0.2, 0.25) is 0 Å². The minimum Gasteiger partial charge on any atom is -0.512 e. The van der Waals surface area contributed by atoms with Crippen LogP contribution in [0.3, 0.4) is 0 Å². The van der Waals surface area contributed by atoms with Gasteiger partial charge in [-0.2, -0.15) is 9.13 Å². The summed E-state index contributed by atoms with van der Waals surface area (Å²) in [5, 5.41) is 24.1. The summed E-state index contributed by atoms with van der Waals surface area (Å²) in [4.78, 5) is 57.5. The second-order valence-corrected chi connectivity index (χ2v) is 28.3. The molecular formula is C93H88Ir3N5O6S-. The zero-order chi connectivity index (χ0) is 75.0. The van der Waals surface area contributed by atoms with Gasteiger partial charge in [-0.25, -0.2) is 11.3 Å². The van der Waals surface area contributed by atoms with E-state index < -0.39 is 10.8 Å². The van der Waals surface area contributed by atoms with Crippen LogP contribution in [-0.2, 0) is 92.6 Å². The molecule has 0 atom stereocenters. The van der Waals surface area contributed by atoms with Crippen molar-refractivity contribution in [3.63, 3.8) is 0 Å². The maximum absolute atomic E-state index is 11.5. The molecule has 8 heterocycles. The summed E-state index contributed by atoms with van der Waals surface area (Å²) < 4.78 is 5.92. The number of Topliss-reactive ketones (excluding diaryl/α,β-unsaturated/α-hetero) is 2. The van der Waals surface area contributed by atoms with Crippen molar-refractivity contribution in [2.75, 3.05) is 0 Å². The van der Waals surface area contributed by atoms with Gasteiger partial charge in [0.2, 0.25) is 11.4 Å². The Balaban J connectivity index is 0.000000195. The van der Waals surface area contributed by atoms with Gasteiger partial charge >= 0.3 is 0 Å². The van der Waals surface area contributed by atoms with Crippen molar-refractivity contribution < 1.29 is 98.8 Å². The molecule has 8 aromatic carbocycles. The Morgan fingerprint density at radius 3 is 1.54 bits per heavy atom. The smallest absolute Gasteiger partial charge is 0.221 e. The van der Waals surface area contributed by atoms with Crippen molar-refractivity contribution in [3.8, 4) is 55.6 Å². The fourth-order valence-electron chi connectivity index (χ4n) is 11.4. The molecule has 0 amide bonds. The monoisotopic (exact) mass is 1980 g/mol. The van der Waals surface area contributed by atoms with Gasteiger partial charge in [0.15, 0.2) is 37.0 Å². The Morgan fingerprint density at radius 1 is 0.472 bits per heavy atom. The van der Waals surface area contributed by atoms with E-state index in [0.717, 1.165) is 51.7 Å². The third kappa shape index (κ3) is 25.0. The molecule has 2 N–H and O–H groups in total. The van der Waals surface area contributed by atoms with Gasteiger partial charge in [0.1, 0.15) is 11.6 Å². The van der Waals surface area contributed by atoms with Gasteiger partial charge in [-0.3, -0.25) is 24.2 Å². The number of para-hydroxylation sites is 1. The fourth-order valence-corrected chi connectivity index (χ4v) is 12.4.